The largest absolute Gasteiger partial charge is 0.494 e. The molecule has 0 atom stereocenters. The molecule has 3 rings (SSSR count). The van der Waals surface area contributed by atoms with Gasteiger partial charge in [-0.05, 0) is 37.0 Å². The SMILES string of the molecule is O=c1[nH]c(=O)n(C2CCC2)c(O)c1-c1cccc(Cl)c1. The number of nitrogens with zero attached hydrogens (tertiary/aromatic N) is 1. The standard InChI is InChI=1S/C14H13ClN2O3/c15-9-4-1-3-8(7-9)11-12(18)16-14(20)17(13(11)19)10-5-2-6-10/h1,3-4,7,10,19H,2,5-6H2,(H,16,18,20). The second kappa shape index (κ2) is 4.83. The highest BCUT2D eigenvalue weighted by Gasteiger charge is 2.26. The summed E-state index contributed by atoms with van der Waals surface area (Å²) < 4.78 is 1.27. The van der Waals surface area contributed by atoms with Crippen molar-refractivity contribution in [1.29, 1.82) is 0 Å². The lowest BCUT2D eigenvalue weighted by Gasteiger charge is -2.28. The normalized spacial score (nSPS) is 15.1. The van der Waals surface area contributed by atoms with Crippen molar-refractivity contribution in [2.75, 3.05) is 0 Å². The average molecular weight is 293 g/mol. The topological polar surface area (TPSA) is 75.1 Å². The molecule has 2 N–H and O–H groups in total. The molecular formula is C14H13ClN2O3. The molecule has 0 amide bonds. The maximum atomic E-state index is 12.0. The third-order valence-corrected chi connectivity index (χ3v) is 3.91. The zero-order chi connectivity index (χ0) is 14.3. The minimum absolute atomic E-state index is 0.0442. The zero-order valence-corrected chi connectivity index (χ0v) is 11.4. The van der Waals surface area contributed by atoms with Crippen LogP contribution in [0.25, 0.3) is 11.1 Å². The van der Waals surface area contributed by atoms with Gasteiger partial charge in [0.25, 0.3) is 5.56 Å². The summed E-state index contributed by atoms with van der Waals surface area (Å²) in [6, 6.07) is 6.58. The third-order valence-electron chi connectivity index (χ3n) is 3.67. The van der Waals surface area contributed by atoms with Gasteiger partial charge in [-0.15, -0.1) is 0 Å². The average Bonchev–Trinajstić information content (AvgIpc) is 2.32. The number of halogens is 1. The van der Waals surface area contributed by atoms with E-state index in [1.807, 2.05) is 0 Å². The van der Waals surface area contributed by atoms with E-state index in [-0.39, 0.29) is 17.5 Å². The van der Waals surface area contributed by atoms with Crippen LogP contribution in [0.5, 0.6) is 5.88 Å². The van der Waals surface area contributed by atoms with Crippen molar-refractivity contribution < 1.29 is 5.11 Å². The van der Waals surface area contributed by atoms with E-state index in [0.29, 0.717) is 10.6 Å². The Morgan fingerprint density at radius 3 is 2.65 bits per heavy atom. The monoisotopic (exact) mass is 292 g/mol. The van der Waals surface area contributed by atoms with Gasteiger partial charge in [-0.1, -0.05) is 23.7 Å². The summed E-state index contributed by atoms with van der Waals surface area (Å²) in [6.45, 7) is 0. The number of rotatable bonds is 2. The summed E-state index contributed by atoms with van der Waals surface area (Å²) in [6.07, 6.45) is 2.67. The molecule has 1 heterocycles. The second-order valence-corrected chi connectivity index (χ2v) is 5.36. The van der Waals surface area contributed by atoms with Crippen molar-refractivity contribution in [1.82, 2.24) is 9.55 Å². The van der Waals surface area contributed by atoms with Crippen molar-refractivity contribution in [2.24, 2.45) is 0 Å². The van der Waals surface area contributed by atoms with Crippen LogP contribution in [0.15, 0.2) is 33.9 Å². The summed E-state index contributed by atoms with van der Waals surface area (Å²) in [5, 5.41) is 10.8. The molecule has 5 nitrogen and oxygen atoms in total. The fourth-order valence-corrected chi connectivity index (χ4v) is 2.62. The molecule has 1 fully saturated rings. The summed E-state index contributed by atoms with van der Waals surface area (Å²) in [5.74, 6) is -0.286. The Morgan fingerprint density at radius 2 is 2.05 bits per heavy atom. The Bertz CT molecular complexity index is 775. The predicted molar refractivity (Wildman–Crippen MR) is 76.3 cm³/mol. The first kappa shape index (κ1) is 13.0. The van der Waals surface area contributed by atoms with Crippen LogP contribution in [-0.2, 0) is 0 Å². The van der Waals surface area contributed by atoms with Crippen LogP contribution in [0.4, 0.5) is 0 Å². The Labute approximate surface area is 119 Å². The van der Waals surface area contributed by atoms with E-state index in [0.717, 1.165) is 19.3 Å². The molecule has 1 saturated carbocycles. The lowest BCUT2D eigenvalue weighted by atomic mass is 9.92. The van der Waals surface area contributed by atoms with Crippen LogP contribution >= 0.6 is 11.6 Å². The highest BCUT2D eigenvalue weighted by Crippen LogP contribution is 2.35. The highest BCUT2D eigenvalue weighted by atomic mass is 35.5. The predicted octanol–water partition coefficient (Wildman–Crippen LogP) is 2.29. The van der Waals surface area contributed by atoms with Crippen molar-refractivity contribution in [2.45, 2.75) is 25.3 Å². The van der Waals surface area contributed by atoms with Gasteiger partial charge < -0.3 is 5.11 Å². The Kier molecular flexibility index (Phi) is 3.14. The minimum Gasteiger partial charge on any atom is -0.494 e. The summed E-state index contributed by atoms with van der Waals surface area (Å²) >= 11 is 5.91. The first-order chi connectivity index (χ1) is 9.58. The molecule has 0 saturated heterocycles. The van der Waals surface area contributed by atoms with Crippen LogP contribution in [0.3, 0.4) is 0 Å². The molecule has 104 valence electrons. The molecule has 1 aliphatic rings. The van der Waals surface area contributed by atoms with Crippen molar-refractivity contribution in [3.05, 3.63) is 50.1 Å². The van der Waals surface area contributed by atoms with Crippen molar-refractivity contribution >= 4 is 11.6 Å². The summed E-state index contributed by atoms with van der Waals surface area (Å²) in [7, 11) is 0. The first-order valence-corrected chi connectivity index (χ1v) is 6.79. The fourth-order valence-electron chi connectivity index (χ4n) is 2.43. The third kappa shape index (κ3) is 2.04. The van der Waals surface area contributed by atoms with Gasteiger partial charge in [0.15, 0.2) is 0 Å². The number of benzene rings is 1. The molecule has 20 heavy (non-hydrogen) atoms. The molecular weight excluding hydrogens is 280 g/mol. The maximum Gasteiger partial charge on any atom is 0.331 e. The Hall–Kier alpha value is -2.01. The smallest absolute Gasteiger partial charge is 0.331 e. The van der Waals surface area contributed by atoms with E-state index in [1.165, 1.54) is 4.57 Å². The van der Waals surface area contributed by atoms with E-state index < -0.39 is 11.2 Å². The van der Waals surface area contributed by atoms with Gasteiger partial charge in [-0.25, -0.2) is 4.79 Å². The zero-order valence-electron chi connectivity index (χ0n) is 10.6. The van der Waals surface area contributed by atoms with Gasteiger partial charge in [0.1, 0.15) is 5.56 Å². The number of nitrogens with one attached hydrogen (secondary N) is 1. The van der Waals surface area contributed by atoms with Crippen LogP contribution in [-0.4, -0.2) is 14.7 Å². The molecule has 0 spiro atoms. The minimum atomic E-state index is -0.606. The van der Waals surface area contributed by atoms with Crippen LogP contribution < -0.4 is 11.2 Å². The van der Waals surface area contributed by atoms with E-state index in [2.05, 4.69) is 4.98 Å². The number of aromatic nitrogens is 2. The first-order valence-electron chi connectivity index (χ1n) is 6.41. The van der Waals surface area contributed by atoms with Gasteiger partial charge in [-0.3, -0.25) is 14.3 Å². The van der Waals surface area contributed by atoms with Crippen LogP contribution in [0.2, 0.25) is 5.02 Å². The molecule has 0 unspecified atom stereocenters. The number of H-pyrrole nitrogens is 1. The van der Waals surface area contributed by atoms with Crippen molar-refractivity contribution in [3.63, 3.8) is 0 Å². The fraction of sp³-hybridized carbons (Fsp3) is 0.286. The van der Waals surface area contributed by atoms with Gasteiger partial charge in [0.05, 0.1) is 0 Å². The van der Waals surface area contributed by atoms with Crippen LogP contribution in [0, 0.1) is 0 Å². The van der Waals surface area contributed by atoms with Gasteiger partial charge in [0, 0.05) is 11.1 Å². The molecule has 0 aliphatic heterocycles. The van der Waals surface area contributed by atoms with Crippen molar-refractivity contribution in [3.8, 4) is 17.0 Å². The second-order valence-electron chi connectivity index (χ2n) is 4.92. The van der Waals surface area contributed by atoms with E-state index in [9.17, 15) is 14.7 Å². The molecule has 2 aromatic rings. The maximum absolute atomic E-state index is 12.0. The summed E-state index contributed by atoms with van der Waals surface area (Å²) in [5.41, 5.74) is -0.600. The molecule has 0 bridgehead atoms. The Morgan fingerprint density at radius 1 is 1.30 bits per heavy atom. The Balaban J connectivity index is 2.25. The van der Waals surface area contributed by atoms with E-state index in [4.69, 9.17) is 11.6 Å². The molecule has 0 radical (unpaired) electrons. The number of hydrogen-bond acceptors (Lipinski definition) is 3. The van der Waals surface area contributed by atoms with Crippen LogP contribution in [0.1, 0.15) is 25.3 Å². The quantitative estimate of drug-likeness (QED) is 0.892. The number of aromatic hydroxyl groups is 1. The molecule has 1 aliphatic carbocycles. The molecule has 1 aromatic heterocycles. The highest BCUT2D eigenvalue weighted by molar-refractivity contribution is 6.30. The van der Waals surface area contributed by atoms with Gasteiger partial charge in [-0.2, -0.15) is 0 Å². The molecule has 6 heteroatoms. The number of hydrogen-bond donors (Lipinski definition) is 2. The molecule has 1 aromatic carbocycles. The van der Waals surface area contributed by atoms with Gasteiger partial charge in [0.2, 0.25) is 5.88 Å². The van der Waals surface area contributed by atoms with E-state index in [1.54, 1.807) is 24.3 Å². The van der Waals surface area contributed by atoms with E-state index >= 15 is 0 Å². The lowest BCUT2D eigenvalue weighted by Crippen LogP contribution is -2.35. The lowest BCUT2D eigenvalue weighted by molar-refractivity contribution is 0.267. The number of aromatic amines is 1. The summed E-state index contributed by atoms with van der Waals surface area (Å²) in [4.78, 5) is 26.1. The van der Waals surface area contributed by atoms with Gasteiger partial charge >= 0.3 is 5.69 Å².